The fraction of sp³-hybridized carbons (Fsp3) is 0.212. The van der Waals surface area contributed by atoms with E-state index in [4.69, 9.17) is 21.1 Å². The van der Waals surface area contributed by atoms with Crippen LogP contribution in [0.1, 0.15) is 11.1 Å². The van der Waals surface area contributed by atoms with Crippen molar-refractivity contribution in [2.45, 2.75) is 23.9 Å². The number of nitrogens with zero attached hydrogens (tertiary/aromatic N) is 2. The van der Waals surface area contributed by atoms with Gasteiger partial charge in [-0.3, -0.25) is 13.9 Å². The molecule has 0 aliphatic carbocycles. The Kier molecular flexibility index (Phi) is 9.72. The van der Waals surface area contributed by atoms with E-state index in [9.17, 15) is 18.0 Å². The molecule has 1 heterocycles. The summed E-state index contributed by atoms with van der Waals surface area (Å²) in [5.74, 6) is -0.0954. The minimum Gasteiger partial charge on any atom is -0.486 e. The van der Waals surface area contributed by atoms with E-state index in [0.717, 1.165) is 15.4 Å². The lowest BCUT2D eigenvalue weighted by Gasteiger charge is -2.33. The highest BCUT2D eigenvalue weighted by Gasteiger charge is 2.34. The number of fused-ring (bicyclic) bond motifs is 1. The molecule has 4 aromatic carbocycles. The topological polar surface area (TPSA) is 105 Å². The molecule has 0 spiro atoms. The maximum atomic E-state index is 14.4. The summed E-state index contributed by atoms with van der Waals surface area (Å²) in [5, 5.41) is 3.20. The summed E-state index contributed by atoms with van der Waals surface area (Å²) in [5.41, 5.74) is 1.79. The van der Waals surface area contributed by atoms with Gasteiger partial charge in [0.25, 0.3) is 10.0 Å². The first kappa shape index (κ1) is 30.9. The molecule has 0 radical (unpaired) electrons. The van der Waals surface area contributed by atoms with E-state index in [-0.39, 0.29) is 29.5 Å². The molecule has 1 aliphatic heterocycles. The van der Waals surface area contributed by atoms with E-state index in [1.54, 1.807) is 60.7 Å². The molecule has 1 unspecified atom stereocenters. The molecule has 0 aromatic heterocycles. The van der Waals surface area contributed by atoms with Crippen LogP contribution in [0.15, 0.2) is 108 Å². The van der Waals surface area contributed by atoms with Crippen LogP contribution in [0.3, 0.4) is 0 Å². The molecule has 1 atom stereocenters. The second-order valence-corrected chi connectivity index (χ2v) is 12.4. The highest BCUT2D eigenvalue weighted by molar-refractivity contribution is 7.92. The van der Waals surface area contributed by atoms with Gasteiger partial charge in [0.05, 0.1) is 10.6 Å². The van der Waals surface area contributed by atoms with Crippen molar-refractivity contribution >= 4 is 39.1 Å². The van der Waals surface area contributed by atoms with Crippen LogP contribution in [0.4, 0.5) is 5.69 Å². The lowest BCUT2D eigenvalue weighted by molar-refractivity contribution is -0.139. The van der Waals surface area contributed by atoms with E-state index in [2.05, 4.69) is 5.32 Å². The number of carbonyl (C=O) groups is 2. The van der Waals surface area contributed by atoms with Gasteiger partial charge < -0.3 is 19.7 Å². The van der Waals surface area contributed by atoms with Crippen LogP contribution in [0.25, 0.3) is 0 Å². The lowest BCUT2D eigenvalue weighted by atomic mass is 10.0. The van der Waals surface area contributed by atoms with Crippen LogP contribution in [0.5, 0.6) is 11.5 Å². The fourth-order valence-corrected chi connectivity index (χ4v) is 6.50. The first-order valence-electron chi connectivity index (χ1n) is 14.0. The van der Waals surface area contributed by atoms with Gasteiger partial charge in [-0.05, 0) is 47.5 Å². The van der Waals surface area contributed by atoms with Crippen molar-refractivity contribution < 1.29 is 27.5 Å². The third-order valence-corrected chi connectivity index (χ3v) is 9.25. The number of sulfonamides is 1. The highest BCUT2D eigenvalue weighted by atomic mass is 35.5. The molecule has 228 valence electrons. The molecule has 0 bridgehead atoms. The Balaban J connectivity index is 1.57. The van der Waals surface area contributed by atoms with Crippen LogP contribution in [0, 0.1) is 0 Å². The van der Waals surface area contributed by atoms with Crippen molar-refractivity contribution in [1.82, 2.24) is 10.2 Å². The molecule has 1 N–H and O–H groups in total. The van der Waals surface area contributed by atoms with Gasteiger partial charge in [-0.25, -0.2) is 8.42 Å². The molecule has 0 fully saturated rings. The minimum atomic E-state index is -4.23. The summed E-state index contributed by atoms with van der Waals surface area (Å²) < 4.78 is 40.6. The van der Waals surface area contributed by atoms with Crippen molar-refractivity contribution in [3.63, 3.8) is 0 Å². The van der Waals surface area contributed by atoms with E-state index in [0.29, 0.717) is 29.7 Å². The number of amides is 2. The molecular weight excluding hydrogens is 602 g/mol. The Hall–Kier alpha value is -4.54. The Morgan fingerprint density at radius 2 is 1.48 bits per heavy atom. The molecule has 4 aromatic rings. The Morgan fingerprint density at radius 3 is 2.14 bits per heavy atom. The zero-order valence-corrected chi connectivity index (χ0v) is 25.6. The first-order valence-corrected chi connectivity index (χ1v) is 15.8. The summed E-state index contributed by atoms with van der Waals surface area (Å²) in [6.07, 6.45) is 0.218. The number of hydrogen-bond donors (Lipinski definition) is 1. The van der Waals surface area contributed by atoms with Gasteiger partial charge in [0.1, 0.15) is 25.8 Å². The minimum absolute atomic E-state index is 0.0130. The number of benzene rings is 4. The van der Waals surface area contributed by atoms with E-state index in [1.807, 2.05) is 30.3 Å². The monoisotopic (exact) mass is 633 g/mol. The van der Waals surface area contributed by atoms with E-state index < -0.39 is 28.5 Å². The van der Waals surface area contributed by atoms with E-state index >= 15 is 0 Å². The molecule has 0 saturated heterocycles. The zero-order chi connectivity index (χ0) is 31.1. The van der Waals surface area contributed by atoms with Gasteiger partial charge in [0, 0.05) is 31.1 Å². The fourth-order valence-electron chi connectivity index (χ4n) is 4.94. The van der Waals surface area contributed by atoms with Gasteiger partial charge in [0.2, 0.25) is 11.8 Å². The Labute approximate surface area is 262 Å². The predicted molar refractivity (Wildman–Crippen MR) is 168 cm³/mol. The second kappa shape index (κ2) is 13.8. The molecular formula is C33H32ClN3O6S. The summed E-state index contributed by atoms with van der Waals surface area (Å²) in [6.45, 7) is 0.149. The molecule has 44 heavy (non-hydrogen) atoms. The van der Waals surface area contributed by atoms with Crippen LogP contribution >= 0.6 is 11.6 Å². The number of carbonyl (C=O) groups excluding carboxylic acids is 2. The van der Waals surface area contributed by atoms with Crippen LogP contribution in [-0.4, -0.2) is 58.0 Å². The summed E-state index contributed by atoms with van der Waals surface area (Å²) in [7, 11) is -2.72. The second-order valence-electron chi connectivity index (χ2n) is 10.1. The van der Waals surface area contributed by atoms with Crippen molar-refractivity contribution in [2.75, 3.05) is 31.1 Å². The average molecular weight is 634 g/mol. The van der Waals surface area contributed by atoms with Crippen molar-refractivity contribution in [2.24, 2.45) is 0 Å². The Morgan fingerprint density at radius 1 is 0.841 bits per heavy atom. The van der Waals surface area contributed by atoms with Crippen LogP contribution in [-0.2, 0) is 32.6 Å². The summed E-state index contributed by atoms with van der Waals surface area (Å²) >= 11 is 6.11. The Bertz CT molecular complexity index is 1700. The van der Waals surface area contributed by atoms with Crippen molar-refractivity contribution in [3.05, 3.63) is 119 Å². The number of anilines is 1. The number of hydrogen-bond acceptors (Lipinski definition) is 6. The standard InChI is InChI=1S/C33H32ClN3O6S/c1-35-33(39)29(20-24-8-4-2-5-9-24)36(22-25-12-14-26(34)15-13-25)32(38)23-37(44(40,41)28-10-6-3-7-11-28)27-16-17-30-31(21-27)43-19-18-42-30/h2-17,21,29H,18-20,22-23H2,1H3,(H,35,39). The average Bonchev–Trinajstić information content (AvgIpc) is 3.06. The first-order chi connectivity index (χ1) is 21.3. The number of halogens is 1. The zero-order valence-electron chi connectivity index (χ0n) is 24.1. The van der Waals surface area contributed by atoms with Gasteiger partial charge >= 0.3 is 0 Å². The van der Waals surface area contributed by atoms with Crippen molar-refractivity contribution in [1.29, 1.82) is 0 Å². The molecule has 9 nitrogen and oxygen atoms in total. The number of rotatable bonds is 11. The molecule has 5 rings (SSSR count). The van der Waals surface area contributed by atoms with Crippen LogP contribution < -0.4 is 19.1 Å². The van der Waals surface area contributed by atoms with Gasteiger partial charge in [-0.2, -0.15) is 0 Å². The van der Waals surface area contributed by atoms with Gasteiger partial charge in [0.15, 0.2) is 11.5 Å². The third-order valence-electron chi connectivity index (χ3n) is 7.21. The number of likely N-dealkylation sites (N-methyl/N-ethyl adjacent to an activating group) is 1. The quantitative estimate of drug-likeness (QED) is 0.257. The van der Waals surface area contributed by atoms with E-state index in [1.165, 1.54) is 24.1 Å². The molecule has 1 aliphatic rings. The SMILES string of the molecule is CNC(=O)C(Cc1ccccc1)N(Cc1ccc(Cl)cc1)C(=O)CN(c1ccc2c(c1)OCCO2)S(=O)(=O)c1ccccc1. The number of nitrogens with one attached hydrogen (secondary N) is 1. The maximum absolute atomic E-state index is 14.4. The smallest absolute Gasteiger partial charge is 0.264 e. The summed E-state index contributed by atoms with van der Waals surface area (Å²) in [6, 6.07) is 28.0. The molecule has 11 heteroatoms. The third kappa shape index (κ3) is 7.15. The molecule has 0 saturated carbocycles. The molecule has 2 amide bonds. The van der Waals surface area contributed by atoms with Crippen LogP contribution in [0.2, 0.25) is 5.02 Å². The summed E-state index contributed by atoms with van der Waals surface area (Å²) in [4.78, 5) is 29.2. The van der Waals surface area contributed by atoms with Gasteiger partial charge in [-0.15, -0.1) is 0 Å². The normalized spacial score (nSPS) is 13.0. The van der Waals surface area contributed by atoms with Crippen molar-refractivity contribution in [3.8, 4) is 11.5 Å². The number of ether oxygens (including phenoxy) is 2. The lowest BCUT2D eigenvalue weighted by Crippen LogP contribution is -2.53. The highest BCUT2D eigenvalue weighted by Crippen LogP contribution is 2.36. The predicted octanol–water partition coefficient (Wildman–Crippen LogP) is 4.69. The maximum Gasteiger partial charge on any atom is 0.264 e. The largest absolute Gasteiger partial charge is 0.486 e. The van der Waals surface area contributed by atoms with Gasteiger partial charge in [-0.1, -0.05) is 72.3 Å².